The highest BCUT2D eigenvalue weighted by molar-refractivity contribution is 5.77. The summed E-state index contributed by atoms with van der Waals surface area (Å²) >= 11 is 0. The molecule has 0 N–H and O–H groups in total. The van der Waals surface area contributed by atoms with Crippen molar-refractivity contribution in [3.63, 3.8) is 0 Å². The van der Waals surface area contributed by atoms with Crippen LogP contribution in [0.2, 0.25) is 0 Å². The van der Waals surface area contributed by atoms with E-state index in [1.165, 1.54) is 24.3 Å². The molecule has 2 aliphatic rings. The molecule has 5 rings (SSSR count). The van der Waals surface area contributed by atoms with Crippen LogP contribution in [0.15, 0.2) is 54.6 Å². The van der Waals surface area contributed by atoms with Gasteiger partial charge in [-0.15, -0.1) is 0 Å². The van der Waals surface area contributed by atoms with Crippen LogP contribution in [0, 0.1) is 17.2 Å². The fourth-order valence-electron chi connectivity index (χ4n) is 6.68. The van der Waals surface area contributed by atoms with E-state index in [2.05, 4.69) is 39.0 Å². The summed E-state index contributed by atoms with van der Waals surface area (Å²) < 4.78 is 37.8. The number of rotatable bonds is 8. The van der Waals surface area contributed by atoms with Gasteiger partial charge in [-0.3, -0.25) is 4.79 Å². The third kappa shape index (κ3) is 4.98. The fourth-order valence-corrected chi connectivity index (χ4v) is 6.68. The number of carbonyl (C=O) groups excluding carboxylic acids is 1. The van der Waals surface area contributed by atoms with E-state index in [-0.39, 0.29) is 34.6 Å². The summed E-state index contributed by atoms with van der Waals surface area (Å²) in [6, 6.07) is 17.0. The van der Waals surface area contributed by atoms with Crippen molar-refractivity contribution in [2.24, 2.45) is 11.3 Å². The molecule has 1 saturated carbocycles. The lowest BCUT2D eigenvalue weighted by Gasteiger charge is -2.46. The van der Waals surface area contributed by atoms with Gasteiger partial charge in [0, 0.05) is 18.1 Å². The number of hydrogen-bond acceptors (Lipinski definition) is 5. The van der Waals surface area contributed by atoms with E-state index in [4.69, 9.17) is 18.9 Å². The summed E-state index contributed by atoms with van der Waals surface area (Å²) in [7, 11) is 4.74. The van der Waals surface area contributed by atoms with Crippen LogP contribution in [-0.4, -0.2) is 27.3 Å². The van der Waals surface area contributed by atoms with Gasteiger partial charge >= 0.3 is 5.97 Å². The molecular weight excluding hydrogens is 507 g/mol. The maximum atomic E-state index is 15.1. The molecular formula is C34H39FO5. The van der Waals surface area contributed by atoms with Gasteiger partial charge < -0.3 is 18.9 Å². The van der Waals surface area contributed by atoms with Gasteiger partial charge in [-0.1, -0.05) is 39.0 Å². The summed E-state index contributed by atoms with van der Waals surface area (Å²) in [6.45, 7) is 6.68. The maximum absolute atomic E-state index is 15.1. The number of methoxy groups -OCH3 is 3. The van der Waals surface area contributed by atoms with Crippen molar-refractivity contribution in [2.75, 3.05) is 21.3 Å². The molecule has 0 saturated heterocycles. The topological polar surface area (TPSA) is 54.0 Å². The van der Waals surface area contributed by atoms with Crippen molar-refractivity contribution in [1.29, 1.82) is 0 Å². The van der Waals surface area contributed by atoms with Gasteiger partial charge in [0.25, 0.3) is 0 Å². The number of benzene rings is 3. The zero-order valence-electron chi connectivity index (χ0n) is 24.3. The Morgan fingerprint density at radius 3 is 2.40 bits per heavy atom. The molecule has 0 aromatic heterocycles. The highest BCUT2D eigenvalue weighted by Gasteiger charge is 2.55. The second-order valence-electron chi connectivity index (χ2n) is 12.1. The Labute approximate surface area is 236 Å². The highest BCUT2D eigenvalue weighted by atomic mass is 19.1. The molecule has 2 aliphatic carbocycles. The Morgan fingerprint density at radius 1 is 0.975 bits per heavy atom. The van der Waals surface area contributed by atoms with Gasteiger partial charge in [0.05, 0.1) is 26.2 Å². The van der Waals surface area contributed by atoms with Gasteiger partial charge in [0.2, 0.25) is 0 Å². The molecule has 1 fully saturated rings. The minimum Gasteiger partial charge on any atom is -0.497 e. The Hall–Kier alpha value is -3.38. The van der Waals surface area contributed by atoms with Crippen LogP contribution in [0.3, 0.4) is 0 Å². The Balaban J connectivity index is 1.45. The van der Waals surface area contributed by atoms with Crippen LogP contribution >= 0.6 is 0 Å². The standard InChI is InChI=1S/C34H39FO5/c1-33(2,3)31(38-5)27-17-21(7-11-25(27)26-18-23(37-4)10-12-30(26)35)20-40-24-9-8-22-13-15-34(29(22)19-24)16-14-28(34)32(36)39-6/h7-12,17-19,28,31H,13-16,20H2,1-6H3/t28-,31-,34+/m1/s1. The number of fused-ring (bicyclic) bond motifs is 2. The molecule has 0 amide bonds. The maximum Gasteiger partial charge on any atom is 0.309 e. The predicted molar refractivity (Wildman–Crippen MR) is 153 cm³/mol. The number of esters is 1. The molecule has 3 atom stereocenters. The summed E-state index contributed by atoms with van der Waals surface area (Å²) in [5.74, 6) is 0.860. The normalized spacial score (nSPS) is 20.5. The number of hydrogen-bond donors (Lipinski definition) is 0. The molecule has 3 aromatic carbocycles. The zero-order chi connectivity index (χ0) is 28.7. The molecule has 6 heteroatoms. The summed E-state index contributed by atoms with van der Waals surface area (Å²) in [5, 5.41) is 0. The monoisotopic (exact) mass is 546 g/mol. The number of carbonyl (C=O) groups is 1. The molecule has 1 spiro atoms. The van der Waals surface area contributed by atoms with E-state index >= 15 is 4.39 Å². The summed E-state index contributed by atoms with van der Waals surface area (Å²) in [5.41, 5.74) is 5.25. The van der Waals surface area contributed by atoms with Crippen molar-refractivity contribution in [1.82, 2.24) is 0 Å². The highest BCUT2D eigenvalue weighted by Crippen LogP contribution is 2.57. The fraction of sp³-hybridized carbons (Fsp3) is 0.441. The van der Waals surface area contributed by atoms with Crippen LogP contribution in [0.1, 0.15) is 68.4 Å². The average Bonchev–Trinajstić information content (AvgIpc) is 3.32. The SMILES string of the molecule is COC(=O)[C@H]1CC[C@@]12CCc1ccc(OCc3ccc(-c4cc(OC)ccc4F)c([C@@H](OC)C(C)(C)C)c3)cc12. The van der Waals surface area contributed by atoms with Crippen LogP contribution in [0.4, 0.5) is 4.39 Å². The first-order valence-corrected chi connectivity index (χ1v) is 13.9. The van der Waals surface area contributed by atoms with E-state index < -0.39 is 0 Å². The van der Waals surface area contributed by atoms with Crippen molar-refractivity contribution in [3.05, 3.63) is 82.7 Å². The Morgan fingerprint density at radius 2 is 1.75 bits per heavy atom. The molecule has 3 aromatic rings. The summed E-state index contributed by atoms with van der Waals surface area (Å²) in [6.07, 6.45) is 3.54. The second kappa shape index (κ2) is 10.9. The summed E-state index contributed by atoms with van der Waals surface area (Å²) in [4.78, 5) is 12.4. The van der Waals surface area contributed by atoms with Crippen molar-refractivity contribution < 1.29 is 28.1 Å². The molecule has 40 heavy (non-hydrogen) atoms. The lowest BCUT2D eigenvalue weighted by Crippen LogP contribution is -2.47. The van der Waals surface area contributed by atoms with E-state index in [0.717, 1.165) is 48.1 Å². The van der Waals surface area contributed by atoms with Crippen LogP contribution < -0.4 is 9.47 Å². The van der Waals surface area contributed by atoms with Gasteiger partial charge in [0.1, 0.15) is 23.9 Å². The lowest BCUT2D eigenvalue weighted by molar-refractivity contribution is -0.153. The molecule has 5 nitrogen and oxygen atoms in total. The number of ether oxygens (including phenoxy) is 4. The van der Waals surface area contributed by atoms with Crippen molar-refractivity contribution >= 4 is 5.97 Å². The minimum atomic E-state index is -0.317. The van der Waals surface area contributed by atoms with E-state index in [0.29, 0.717) is 17.9 Å². The first-order chi connectivity index (χ1) is 19.1. The zero-order valence-corrected chi connectivity index (χ0v) is 24.3. The molecule has 0 aliphatic heterocycles. The third-order valence-corrected chi connectivity index (χ3v) is 8.78. The molecule has 0 radical (unpaired) electrons. The van der Waals surface area contributed by atoms with Crippen molar-refractivity contribution in [2.45, 2.75) is 64.6 Å². The first-order valence-electron chi connectivity index (χ1n) is 13.9. The van der Waals surface area contributed by atoms with Gasteiger partial charge in [-0.2, -0.15) is 0 Å². The number of aryl methyl sites for hydroxylation is 1. The Bertz CT molecular complexity index is 1410. The largest absolute Gasteiger partial charge is 0.497 e. The van der Waals surface area contributed by atoms with Crippen molar-refractivity contribution in [3.8, 4) is 22.6 Å². The Kier molecular flexibility index (Phi) is 7.66. The first kappa shape index (κ1) is 28.2. The predicted octanol–water partition coefficient (Wildman–Crippen LogP) is 7.58. The van der Waals surface area contributed by atoms with Crippen LogP contribution in [0.25, 0.3) is 11.1 Å². The third-order valence-electron chi connectivity index (χ3n) is 8.78. The van der Waals surface area contributed by atoms with Gasteiger partial charge in [-0.25, -0.2) is 4.39 Å². The average molecular weight is 547 g/mol. The quantitative estimate of drug-likeness (QED) is 0.273. The lowest BCUT2D eigenvalue weighted by atomic mass is 9.57. The molecule has 0 heterocycles. The van der Waals surface area contributed by atoms with E-state index in [9.17, 15) is 4.79 Å². The smallest absolute Gasteiger partial charge is 0.309 e. The second-order valence-corrected chi connectivity index (χ2v) is 12.1. The number of halogens is 1. The molecule has 0 bridgehead atoms. The van der Waals surface area contributed by atoms with Crippen LogP contribution in [0.5, 0.6) is 11.5 Å². The van der Waals surface area contributed by atoms with E-state index in [1.54, 1.807) is 26.4 Å². The molecule has 0 unspecified atom stereocenters. The van der Waals surface area contributed by atoms with Gasteiger partial charge in [-0.05, 0) is 95.3 Å². The minimum absolute atomic E-state index is 0.0792. The van der Waals surface area contributed by atoms with Crippen LogP contribution in [-0.2, 0) is 32.7 Å². The van der Waals surface area contributed by atoms with E-state index in [1.807, 2.05) is 18.2 Å². The molecule has 212 valence electrons. The van der Waals surface area contributed by atoms with Gasteiger partial charge in [0.15, 0.2) is 0 Å².